The molecule has 0 radical (unpaired) electrons. The minimum absolute atomic E-state index is 0.0618. The number of rotatable bonds is 18. The lowest BCUT2D eigenvalue weighted by Gasteiger charge is -2.38. The van der Waals surface area contributed by atoms with E-state index in [1.54, 1.807) is 29.5 Å². The SMILES string of the molecule is CC(=O)N[C@H](C(=O)NN(CC1CCCCC1)C[C@@H](OC(=O)Cc1cccnc1)[C@@H](C(=O)[C@@H](NC(C)=O)C(C)C)C(N)c1ccccc1)C(C)C. The number of carbonyl (C=O) groups is 5. The molecule has 1 saturated carbocycles. The summed E-state index contributed by atoms with van der Waals surface area (Å²) >= 11 is 0. The largest absolute Gasteiger partial charge is 0.460 e. The monoisotopic (exact) mass is 692 g/mol. The van der Waals surface area contributed by atoms with E-state index < -0.39 is 42.0 Å². The number of nitrogens with one attached hydrogen (secondary N) is 3. The molecule has 2 aromatic rings. The van der Waals surface area contributed by atoms with Crippen LogP contribution in [-0.2, 0) is 35.1 Å². The summed E-state index contributed by atoms with van der Waals surface area (Å²) in [5, 5.41) is 7.26. The lowest BCUT2D eigenvalue weighted by atomic mass is 9.80. The molecule has 50 heavy (non-hydrogen) atoms. The van der Waals surface area contributed by atoms with Crippen LogP contribution in [-0.4, -0.2) is 70.7 Å². The van der Waals surface area contributed by atoms with Crippen LogP contribution in [0.4, 0.5) is 0 Å². The Morgan fingerprint density at radius 2 is 1.50 bits per heavy atom. The highest BCUT2D eigenvalue weighted by molar-refractivity contribution is 5.91. The van der Waals surface area contributed by atoms with Crippen molar-refractivity contribution in [1.82, 2.24) is 26.1 Å². The lowest BCUT2D eigenvalue weighted by Crippen LogP contribution is -2.59. The zero-order valence-corrected chi connectivity index (χ0v) is 30.4. The number of esters is 1. The Morgan fingerprint density at radius 1 is 0.880 bits per heavy atom. The molecule has 12 heteroatoms. The van der Waals surface area contributed by atoms with Crippen molar-refractivity contribution < 1.29 is 28.7 Å². The number of hydrogen-bond acceptors (Lipinski definition) is 9. The second kappa shape index (κ2) is 19.9. The fourth-order valence-corrected chi connectivity index (χ4v) is 6.61. The fourth-order valence-electron chi connectivity index (χ4n) is 6.61. The summed E-state index contributed by atoms with van der Waals surface area (Å²) in [6, 6.07) is 9.92. The number of pyridine rings is 1. The second-order valence-electron chi connectivity index (χ2n) is 14.2. The minimum atomic E-state index is -1.14. The van der Waals surface area contributed by atoms with E-state index in [0.29, 0.717) is 17.7 Å². The molecular formula is C38H56N6O6. The van der Waals surface area contributed by atoms with Gasteiger partial charge >= 0.3 is 5.97 Å². The molecule has 274 valence electrons. The summed E-state index contributed by atoms with van der Waals surface area (Å²) in [6.45, 7) is 10.4. The van der Waals surface area contributed by atoms with Crippen molar-refractivity contribution in [3.63, 3.8) is 0 Å². The van der Waals surface area contributed by atoms with Crippen molar-refractivity contribution >= 4 is 29.5 Å². The van der Waals surface area contributed by atoms with Gasteiger partial charge in [0.15, 0.2) is 5.78 Å². The molecule has 0 aliphatic heterocycles. The first-order valence-electron chi connectivity index (χ1n) is 17.8. The molecule has 3 amide bonds. The van der Waals surface area contributed by atoms with E-state index >= 15 is 0 Å². The van der Waals surface area contributed by atoms with Crippen molar-refractivity contribution in [1.29, 1.82) is 0 Å². The number of aromatic nitrogens is 1. The molecule has 1 aliphatic carbocycles. The molecule has 0 saturated heterocycles. The Kier molecular flexibility index (Phi) is 16.0. The van der Waals surface area contributed by atoms with Gasteiger partial charge in [-0.1, -0.05) is 83.4 Å². The zero-order valence-electron chi connectivity index (χ0n) is 30.4. The van der Waals surface area contributed by atoms with Crippen LogP contribution in [0.3, 0.4) is 0 Å². The van der Waals surface area contributed by atoms with Gasteiger partial charge in [0, 0.05) is 38.8 Å². The number of nitrogens with zero attached hydrogens (tertiary/aromatic N) is 2. The molecule has 1 heterocycles. The van der Waals surface area contributed by atoms with E-state index in [-0.39, 0.29) is 48.3 Å². The van der Waals surface area contributed by atoms with Crippen molar-refractivity contribution in [2.24, 2.45) is 29.4 Å². The third-order valence-corrected chi connectivity index (χ3v) is 9.17. The highest BCUT2D eigenvalue weighted by Crippen LogP contribution is 2.30. The van der Waals surface area contributed by atoms with Crippen molar-refractivity contribution in [3.05, 3.63) is 66.0 Å². The lowest BCUT2D eigenvalue weighted by molar-refractivity contribution is -0.157. The summed E-state index contributed by atoms with van der Waals surface area (Å²) in [4.78, 5) is 70.6. The number of nitrogens with two attached hydrogens (primary N) is 1. The van der Waals surface area contributed by atoms with E-state index in [4.69, 9.17) is 10.5 Å². The Hall–Kier alpha value is -4.16. The number of ether oxygens (including phenoxy) is 1. The van der Waals surface area contributed by atoms with Crippen molar-refractivity contribution in [2.45, 2.75) is 104 Å². The van der Waals surface area contributed by atoms with Crippen molar-refractivity contribution in [3.8, 4) is 0 Å². The van der Waals surface area contributed by atoms with Gasteiger partial charge in [-0.3, -0.25) is 34.4 Å². The number of amides is 3. The summed E-state index contributed by atoms with van der Waals surface area (Å²) < 4.78 is 6.25. The van der Waals surface area contributed by atoms with Crippen LogP contribution in [0.2, 0.25) is 0 Å². The van der Waals surface area contributed by atoms with Crippen LogP contribution in [0.1, 0.15) is 90.8 Å². The van der Waals surface area contributed by atoms with Gasteiger partial charge < -0.3 is 21.1 Å². The molecule has 5 N–H and O–H groups in total. The predicted octanol–water partition coefficient (Wildman–Crippen LogP) is 3.66. The number of ketones is 1. The van der Waals surface area contributed by atoms with E-state index in [1.807, 2.05) is 58.0 Å². The quantitative estimate of drug-likeness (QED) is 0.134. The average Bonchev–Trinajstić information content (AvgIpc) is 3.06. The maximum absolute atomic E-state index is 14.7. The van der Waals surface area contributed by atoms with Gasteiger partial charge in [-0.25, -0.2) is 5.01 Å². The Balaban J connectivity index is 2.11. The van der Waals surface area contributed by atoms with Crippen LogP contribution >= 0.6 is 0 Å². The maximum atomic E-state index is 14.7. The fraction of sp³-hybridized carbons (Fsp3) is 0.579. The molecule has 5 atom stereocenters. The van der Waals surface area contributed by atoms with Gasteiger partial charge in [-0.05, 0) is 47.8 Å². The number of carbonyl (C=O) groups excluding carboxylic acids is 5. The van der Waals surface area contributed by atoms with E-state index in [0.717, 1.165) is 32.1 Å². The smallest absolute Gasteiger partial charge is 0.310 e. The highest BCUT2D eigenvalue weighted by Gasteiger charge is 2.43. The molecule has 1 fully saturated rings. The van der Waals surface area contributed by atoms with E-state index in [2.05, 4.69) is 21.0 Å². The molecule has 1 aromatic heterocycles. The van der Waals surface area contributed by atoms with Gasteiger partial charge in [-0.2, -0.15) is 0 Å². The van der Waals surface area contributed by atoms with E-state index in [9.17, 15) is 24.0 Å². The molecule has 1 aromatic carbocycles. The van der Waals surface area contributed by atoms with Gasteiger partial charge in [0.2, 0.25) is 11.8 Å². The first-order valence-corrected chi connectivity index (χ1v) is 17.8. The molecule has 1 unspecified atom stereocenters. The number of hydrazine groups is 1. The number of benzene rings is 1. The van der Waals surface area contributed by atoms with Crippen LogP contribution in [0.25, 0.3) is 0 Å². The Morgan fingerprint density at radius 3 is 2.06 bits per heavy atom. The normalized spacial score (nSPS) is 16.6. The highest BCUT2D eigenvalue weighted by atomic mass is 16.5. The molecule has 12 nitrogen and oxygen atoms in total. The topological polar surface area (TPSA) is 173 Å². The molecule has 0 spiro atoms. The van der Waals surface area contributed by atoms with Gasteiger partial charge in [0.05, 0.1) is 24.9 Å². The number of hydrogen-bond donors (Lipinski definition) is 4. The Bertz CT molecular complexity index is 1400. The summed E-state index contributed by atoms with van der Waals surface area (Å²) in [6.07, 6.45) is 7.11. The van der Waals surface area contributed by atoms with Crippen molar-refractivity contribution in [2.75, 3.05) is 13.1 Å². The predicted molar refractivity (Wildman–Crippen MR) is 191 cm³/mol. The van der Waals surface area contributed by atoms with Crippen LogP contribution in [0.15, 0.2) is 54.9 Å². The summed E-state index contributed by atoms with van der Waals surface area (Å²) in [5.74, 6) is -3.49. The Labute approximate surface area is 296 Å². The van der Waals surface area contributed by atoms with Crippen LogP contribution < -0.4 is 21.8 Å². The molecule has 0 bridgehead atoms. The third kappa shape index (κ3) is 12.6. The number of Topliss-reactive ketones (excluding diaryl/α,β-unsaturated/α-hetero) is 1. The summed E-state index contributed by atoms with van der Waals surface area (Å²) in [7, 11) is 0. The zero-order chi connectivity index (χ0) is 36.8. The minimum Gasteiger partial charge on any atom is -0.460 e. The first kappa shape index (κ1) is 40.3. The van der Waals surface area contributed by atoms with Gasteiger partial charge in [0.25, 0.3) is 5.91 Å². The summed E-state index contributed by atoms with van der Waals surface area (Å²) in [5.41, 5.74) is 11.3. The third-order valence-electron chi connectivity index (χ3n) is 9.17. The van der Waals surface area contributed by atoms with Crippen LogP contribution in [0.5, 0.6) is 0 Å². The average molecular weight is 693 g/mol. The first-order chi connectivity index (χ1) is 23.8. The maximum Gasteiger partial charge on any atom is 0.310 e. The van der Waals surface area contributed by atoms with E-state index in [1.165, 1.54) is 13.8 Å². The molecule has 3 rings (SSSR count). The molecule has 1 aliphatic rings. The standard InChI is InChI=1S/C38H56N6O6/c1-24(2)35(41-26(5)45)37(48)33(34(39)30-17-11-8-12-18-30)31(50-32(47)20-29-16-13-19-40-21-29)23-44(22-28-14-9-7-10-15-28)43-38(49)36(25(3)4)42-27(6)46/h8,11-13,16-19,21,24-25,28,31,33-36H,7,9-10,14-15,20,22-23,39H2,1-6H3,(H,41,45)(H,42,46)(H,43,49)/t31-,33-,34?,35+,36+/m1/s1. The van der Waals surface area contributed by atoms with Gasteiger partial charge in [-0.15, -0.1) is 0 Å². The molecular weight excluding hydrogens is 636 g/mol. The van der Waals surface area contributed by atoms with Gasteiger partial charge in [0.1, 0.15) is 12.1 Å². The van der Waals surface area contributed by atoms with Crippen LogP contribution in [0, 0.1) is 23.7 Å². The second-order valence-corrected chi connectivity index (χ2v) is 14.2.